The summed E-state index contributed by atoms with van der Waals surface area (Å²) in [5.41, 5.74) is 0.651. The van der Waals surface area contributed by atoms with Crippen LogP contribution in [0.3, 0.4) is 0 Å². The predicted molar refractivity (Wildman–Crippen MR) is 114 cm³/mol. The topological polar surface area (TPSA) is 89.7 Å². The lowest BCUT2D eigenvalue weighted by Gasteiger charge is -2.30. The first kappa shape index (κ1) is 20.4. The van der Waals surface area contributed by atoms with Gasteiger partial charge in [-0.05, 0) is 49.5 Å². The van der Waals surface area contributed by atoms with E-state index < -0.39 is 0 Å². The van der Waals surface area contributed by atoms with E-state index in [2.05, 4.69) is 20.4 Å². The normalized spacial score (nSPS) is 15.1. The van der Waals surface area contributed by atoms with E-state index in [1.54, 1.807) is 43.8 Å². The Morgan fingerprint density at radius 2 is 2.10 bits per heavy atom. The summed E-state index contributed by atoms with van der Waals surface area (Å²) in [6.45, 7) is 2.20. The van der Waals surface area contributed by atoms with Gasteiger partial charge in [-0.1, -0.05) is 11.2 Å². The number of piperidine rings is 1. The van der Waals surface area contributed by atoms with Gasteiger partial charge >= 0.3 is 0 Å². The molecule has 1 saturated heterocycles. The average molecular weight is 429 g/mol. The Labute approximate surface area is 178 Å². The molecule has 1 amide bonds. The van der Waals surface area contributed by atoms with Crippen molar-refractivity contribution in [2.24, 2.45) is 5.92 Å². The number of hydrogen-bond acceptors (Lipinski definition) is 8. The molecule has 9 heteroatoms. The molecule has 3 heterocycles. The van der Waals surface area contributed by atoms with E-state index in [0.717, 1.165) is 30.8 Å². The first-order chi connectivity index (χ1) is 14.7. The zero-order valence-electron chi connectivity index (χ0n) is 17.0. The van der Waals surface area contributed by atoms with Gasteiger partial charge in [-0.2, -0.15) is 4.98 Å². The number of anilines is 1. The second kappa shape index (κ2) is 9.27. The second-order valence-corrected chi connectivity index (χ2v) is 8.04. The van der Waals surface area contributed by atoms with Gasteiger partial charge in [-0.3, -0.25) is 9.69 Å². The van der Waals surface area contributed by atoms with Crippen LogP contribution in [-0.4, -0.2) is 48.3 Å². The zero-order chi connectivity index (χ0) is 20.9. The van der Waals surface area contributed by atoms with Crippen LogP contribution in [0.1, 0.15) is 18.7 Å². The van der Waals surface area contributed by atoms with Crippen LogP contribution < -0.4 is 14.8 Å². The smallest absolute Gasteiger partial charge is 0.241 e. The standard InChI is InChI=1S/C21H24N4O4S/c1-27-15-5-6-16(17(12-15)28-2)22-21(26)14-7-9-25(10-8-14)13-19-23-20(24-29-19)18-4-3-11-30-18/h3-6,11-12,14H,7-10,13H2,1-2H3,(H,22,26). The second-order valence-electron chi connectivity index (χ2n) is 7.09. The fourth-order valence-corrected chi connectivity index (χ4v) is 4.16. The predicted octanol–water partition coefficient (Wildman–Crippen LogP) is 3.67. The minimum Gasteiger partial charge on any atom is -0.497 e. The van der Waals surface area contributed by atoms with Crippen LogP contribution in [0.25, 0.3) is 10.7 Å². The van der Waals surface area contributed by atoms with Crippen molar-refractivity contribution < 1.29 is 18.8 Å². The van der Waals surface area contributed by atoms with Gasteiger partial charge in [-0.25, -0.2) is 0 Å². The Kier molecular flexibility index (Phi) is 6.29. The molecule has 1 aliphatic heterocycles. The van der Waals surface area contributed by atoms with Crippen LogP contribution in [0.4, 0.5) is 5.69 Å². The molecule has 0 aliphatic carbocycles. The van der Waals surface area contributed by atoms with Gasteiger partial charge in [0.05, 0.1) is 31.3 Å². The molecule has 0 saturated carbocycles. The average Bonchev–Trinajstić information content (AvgIpc) is 3.46. The van der Waals surface area contributed by atoms with Crippen molar-refractivity contribution in [1.82, 2.24) is 15.0 Å². The maximum absolute atomic E-state index is 12.7. The van der Waals surface area contributed by atoms with Crippen molar-refractivity contribution in [3.05, 3.63) is 41.6 Å². The molecule has 0 bridgehead atoms. The maximum atomic E-state index is 12.7. The quantitative estimate of drug-likeness (QED) is 0.614. The molecule has 8 nitrogen and oxygen atoms in total. The lowest BCUT2D eigenvalue weighted by atomic mass is 9.96. The molecular formula is C21H24N4O4S. The molecule has 3 aromatic rings. The van der Waals surface area contributed by atoms with Gasteiger partial charge < -0.3 is 19.3 Å². The monoisotopic (exact) mass is 428 g/mol. The Bertz CT molecular complexity index is 981. The van der Waals surface area contributed by atoms with Gasteiger partial charge in [0.2, 0.25) is 17.6 Å². The van der Waals surface area contributed by atoms with E-state index in [1.807, 2.05) is 17.5 Å². The molecule has 30 heavy (non-hydrogen) atoms. The van der Waals surface area contributed by atoms with Crippen molar-refractivity contribution in [2.45, 2.75) is 19.4 Å². The van der Waals surface area contributed by atoms with Crippen molar-refractivity contribution in [3.63, 3.8) is 0 Å². The number of nitrogens with zero attached hydrogens (tertiary/aromatic N) is 3. The largest absolute Gasteiger partial charge is 0.497 e. The van der Waals surface area contributed by atoms with Gasteiger partial charge in [-0.15, -0.1) is 11.3 Å². The molecule has 0 unspecified atom stereocenters. The number of carbonyl (C=O) groups excluding carboxylic acids is 1. The highest BCUT2D eigenvalue weighted by Crippen LogP contribution is 2.30. The number of amides is 1. The summed E-state index contributed by atoms with van der Waals surface area (Å²) >= 11 is 1.59. The van der Waals surface area contributed by atoms with Crippen LogP contribution in [0.5, 0.6) is 11.5 Å². The molecule has 1 aliphatic rings. The Balaban J connectivity index is 1.30. The number of rotatable bonds is 7. The number of thiophene rings is 1. The lowest BCUT2D eigenvalue weighted by molar-refractivity contribution is -0.121. The number of nitrogens with one attached hydrogen (secondary N) is 1. The summed E-state index contributed by atoms with van der Waals surface area (Å²) in [6, 6.07) is 9.29. The molecule has 0 radical (unpaired) electrons. The molecule has 1 N–H and O–H groups in total. The molecule has 158 valence electrons. The number of ether oxygens (including phenoxy) is 2. The van der Waals surface area contributed by atoms with E-state index in [4.69, 9.17) is 14.0 Å². The number of methoxy groups -OCH3 is 2. The Morgan fingerprint density at radius 3 is 2.80 bits per heavy atom. The van der Waals surface area contributed by atoms with Gasteiger partial charge in [0, 0.05) is 12.0 Å². The third-order valence-electron chi connectivity index (χ3n) is 5.19. The number of hydrogen-bond donors (Lipinski definition) is 1. The van der Waals surface area contributed by atoms with E-state index in [1.165, 1.54) is 0 Å². The van der Waals surface area contributed by atoms with Crippen LogP contribution >= 0.6 is 11.3 Å². The summed E-state index contributed by atoms with van der Waals surface area (Å²) in [7, 11) is 3.17. The third kappa shape index (κ3) is 4.63. The van der Waals surface area contributed by atoms with Crippen LogP contribution in [0.15, 0.2) is 40.2 Å². The van der Waals surface area contributed by atoms with E-state index in [9.17, 15) is 4.79 Å². The number of carbonyl (C=O) groups is 1. The first-order valence-corrected chi connectivity index (χ1v) is 10.7. The molecule has 0 spiro atoms. The summed E-state index contributed by atoms with van der Waals surface area (Å²) in [6.07, 6.45) is 1.55. The fraction of sp³-hybridized carbons (Fsp3) is 0.381. The summed E-state index contributed by atoms with van der Waals surface area (Å²) in [5.74, 6) is 2.46. The van der Waals surface area contributed by atoms with Crippen molar-refractivity contribution >= 4 is 22.9 Å². The highest BCUT2D eigenvalue weighted by molar-refractivity contribution is 7.13. The minimum absolute atomic E-state index is 0.0101. The highest BCUT2D eigenvalue weighted by Gasteiger charge is 2.26. The molecule has 0 atom stereocenters. The van der Waals surface area contributed by atoms with E-state index in [-0.39, 0.29) is 11.8 Å². The van der Waals surface area contributed by atoms with E-state index >= 15 is 0 Å². The minimum atomic E-state index is -0.0441. The zero-order valence-corrected chi connectivity index (χ0v) is 17.8. The summed E-state index contributed by atoms with van der Waals surface area (Å²) in [5, 5.41) is 9.03. The van der Waals surface area contributed by atoms with Gasteiger partial charge in [0.15, 0.2) is 0 Å². The number of likely N-dealkylation sites (tertiary alicyclic amines) is 1. The number of benzene rings is 1. The summed E-state index contributed by atoms with van der Waals surface area (Å²) < 4.78 is 16.0. The SMILES string of the molecule is COc1ccc(NC(=O)C2CCN(Cc3nc(-c4cccs4)no3)CC2)c(OC)c1. The molecular weight excluding hydrogens is 404 g/mol. The van der Waals surface area contributed by atoms with Crippen LogP contribution in [0.2, 0.25) is 0 Å². The first-order valence-electron chi connectivity index (χ1n) is 9.78. The van der Waals surface area contributed by atoms with Crippen LogP contribution in [0, 0.1) is 5.92 Å². The van der Waals surface area contributed by atoms with Crippen LogP contribution in [-0.2, 0) is 11.3 Å². The Morgan fingerprint density at radius 1 is 1.27 bits per heavy atom. The molecule has 2 aromatic heterocycles. The van der Waals surface area contributed by atoms with Gasteiger partial charge in [0.1, 0.15) is 11.5 Å². The third-order valence-corrected chi connectivity index (χ3v) is 6.06. The number of aromatic nitrogens is 2. The highest BCUT2D eigenvalue weighted by atomic mass is 32.1. The Hall–Kier alpha value is -2.91. The van der Waals surface area contributed by atoms with E-state index in [0.29, 0.717) is 35.4 Å². The molecule has 4 rings (SSSR count). The summed E-state index contributed by atoms with van der Waals surface area (Å²) in [4.78, 5) is 20.4. The maximum Gasteiger partial charge on any atom is 0.241 e. The fourth-order valence-electron chi connectivity index (χ4n) is 3.51. The van der Waals surface area contributed by atoms with Gasteiger partial charge in [0.25, 0.3) is 0 Å². The van der Waals surface area contributed by atoms with Crippen molar-refractivity contribution in [2.75, 3.05) is 32.6 Å². The van der Waals surface area contributed by atoms with Crippen molar-refractivity contribution in [3.8, 4) is 22.2 Å². The lowest BCUT2D eigenvalue weighted by Crippen LogP contribution is -2.37. The molecule has 1 aromatic carbocycles. The van der Waals surface area contributed by atoms with Crippen molar-refractivity contribution in [1.29, 1.82) is 0 Å². The molecule has 1 fully saturated rings.